The molecule has 0 aromatic rings. The van der Waals surface area contributed by atoms with E-state index in [9.17, 15) is 13.2 Å². The summed E-state index contributed by atoms with van der Waals surface area (Å²) in [5, 5.41) is 0. The van der Waals surface area contributed by atoms with Crippen LogP contribution < -0.4 is 5.73 Å². The molecule has 0 aromatic carbocycles. The molecule has 1 aliphatic rings. The van der Waals surface area contributed by atoms with Gasteiger partial charge in [-0.2, -0.15) is 13.2 Å². The van der Waals surface area contributed by atoms with Crippen LogP contribution in [0.5, 0.6) is 0 Å². The van der Waals surface area contributed by atoms with Crippen molar-refractivity contribution < 1.29 is 13.2 Å². The highest BCUT2D eigenvalue weighted by Crippen LogP contribution is 2.30. The van der Waals surface area contributed by atoms with Crippen molar-refractivity contribution in [2.75, 3.05) is 19.6 Å². The van der Waals surface area contributed by atoms with Crippen molar-refractivity contribution >= 4 is 0 Å². The van der Waals surface area contributed by atoms with Gasteiger partial charge in [-0.05, 0) is 24.8 Å². The summed E-state index contributed by atoms with van der Waals surface area (Å²) in [6, 6.07) is -1.47. The molecule has 5 heteroatoms. The number of alkyl halides is 3. The highest BCUT2D eigenvalue weighted by Gasteiger charge is 2.44. The molecule has 0 spiro atoms. The van der Waals surface area contributed by atoms with E-state index in [0.717, 1.165) is 6.42 Å². The van der Waals surface area contributed by atoms with Crippen LogP contribution in [-0.4, -0.2) is 36.8 Å². The van der Waals surface area contributed by atoms with Crippen LogP contribution in [0.25, 0.3) is 0 Å². The first-order valence-corrected chi connectivity index (χ1v) is 5.37. The topological polar surface area (TPSA) is 29.3 Å². The van der Waals surface area contributed by atoms with Crippen molar-refractivity contribution in [1.82, 2.24) is 4.90 Å². The van der Waals surface area contributed by atoms with Crippen LogP contribution in [0.2, 0.25) is 0 Å². The van der Waals surface area contributed by atoms with Gasteiger partial charge < -0.3 is 5.73 Å². The number of likely N-dealkylation sites (tertiary alicyclic amines) is 1. The van der Waals surface area contributed by atoms with Gasteiger partial charge in [0, 0.05) is 13.1 Å². The van der Waals surface area contributed by atoms with Gasteiger partial charge in [0.15, 0.2) is 0 Å². The van der Waals surface area contributed by atoms with Crippen molar-refractivity contribution in [3.63, 3.8) is 0 Å². The molecule has 15 heavy (non-hydrogen) atoms. The Kier molecular flexibility index (Phi) is 4.00. The van der Waals surface area contributed by atoms with Crippen LogP contribution in [0.1, 0.15) is 20.3 Å². The Hall–Kier alpha value is -0.290. The Morgan fingerprint density at radius 2 is 1.93 bits per heavy atom. The Labute approximate surface area is 88.6 Å². The second-order valence-electron chi connectivity index (χ2n) is 4.53. The average Bonchev–Trinajstić information content (AvgIpc) is 2.10. The molecule has 3 unspecified atom stereocenters. The Balaban J connectivity index is 2.63. The molecule has 0 saturated carbocycles. The number of hydrogen-bond donors (Lipinski definition) is 1. The molecule has 0 aliphatic carbocycles. The van der Waals surface area contributed by atoms with Crippen molar-refractivity contribution in [3.8, 4) is 0 Å². The van der Waals surface area contributed by atoms with Crippen LogP contribution in [0, 0.1) is 11.8 Å². The molecule has 3 atom stereocenters. The lowest BCUT2D eigenvalue weighted by molar-refractivity contribution is -0.186. The molecule has 1 fully saturated rings. The quantitative estimate of drug-likeness (QED) is 0.775. The standard InChI is InChI=1S/C10H19F3N2/c1-7-3-4-15(6-8(7)2)9(5-14)10(11,12)13/h7-9H,3-6,14H2,1-2H3. The van der Waals surface area contributed by atoms with Gasteiger partial charge in [0.25, 0.3) is 0 Å². The molecule has 2 nitrogen and oxygen atoms in total. The van der Waals surface area contributed by atoms with E-state index in [2.05, 4.69) is 6.92 Å². The number of piperidine rings is 1. The fourth-order valence-electron chi connectivity index (χ4n) is 2.07. The molecule has 90 valence electrons. The molecule has 2 N–H and O–H groups in total. The number of hydrogen-bond acceptors (Lipinski definition) is 2. The van der Waals surface area contributed by atoms with Crippen LogP contribution in [0.3, 0.4) is 0 Å². The second-order valence-corrected chi connectivity index (χ2v) is 4.53. The summed E-state index contributed by atoms with van der Waals surface area (Å²) in [5.74, 6) is 0.822. The predicted molar refractivity (Wildman–Crippen MR) is 53.4 cm³/mol. The predicted octanol–water partition coefficient (Wildman–Crippen LogP) is 1.85. The fourth-order valence-corrected chi connectivity index (χ4v) is 2.07. The fraction of sp³-hybridized carbons (Fsp3) is 1.00. The number of halogens is 3. The lowest BCUT2D eigenvalue weighted by Gasteiger charge is -2.40. The third-order valence-corrected chi connectivity index (χ3v) is 3.41. The van der Waals surface area contributed by atoms with Crippen LogP contribution in [0.4, 0.5) is 13.2 Å². The summed E-state index contributed by atoms with van der Waals surface area (Å²) in [5.41, 5.74) is 5.21. The maximum Gasteiger partial charge on any atom is 0.405 e. The van der Waals surface area contributed by atoms with E-state index in [4.69, 9.17) is 5.73 Å². The minimum Gasteiger partial charge on any atom is -0.329 e. The highest BCUT2D eigenvalue weighted by molar-refractivity contribution is 4.85. The summed E-state index contributed by atoms with van der Waals surface area (Å²) in [4.78, 5) is 1.48. The second kappa shape index (κ2) is 4.70. The monoisotopic (exact) mass is 224 g/mol. The number of nitrogens with two attached hydrogens (primary N) is 1. The van der Waals surface area contributed by atoms with E-state index in [0.29, 0.717) is 24.9 Å². The number of rotatable bonds is 2. The first-order chi connectivity index (χ1) is 6.86. The van der Waals surface area contributed by atoms with Gasteiger partial charge in [0.1, 0.15) is 6.04 Å². The van der Waals surface area contributed by atoms with E-state index >= 15 is 0 Å². The lowest BCUT2D eigenvalue weighted by Crippen LogP contribution is -2.54. The maximum atomic E-state index is 12.6. The molecule has 0 bridgehead atoms. The van der Waals surface area contributed by atoms with Gasteiger partial charge in [0.05, 0.1) is 0 Å². The van der Waals surface area contributed by atoms with Crippen LogP contribution in [-0.2, 0) is 0 Å². The lowest BCUT2D eigenvalue weighted by atomic mass is 9.88. The van der Waals surface area contributed by atoms with E-state index < -0.39 is 12.2 Å². The molecule has 1 saturated heterocycles. The first-order valence-electron chi connectivity index (χ1n) is 5.37. The molecule has 1 heterocycles. The minimum absolute atomic E-state index is 0.315. The molecule has 1 rings (SSSR count). The van der Waals surface area contributed by atoms with E-state index in [1.165, 1.54) is 4.90 Å². The number of nitrogens with zero attached hydrogens (tertiary/aromatic N) is 1. The van der Waals surface area contributed by atoms with Crippen molar-refractivity contribution in [2.24, 2.45) is 17.6 Å². The molecule has 0 aromatic heterocycles. The summed E-state index contributed by atoms with van der Waals surface area (Å²) in [6.45, 7) is 4.76. The minimum atomic E-state index is -4.20. The van der Waals surface area contributed by atoms with E-state index in [-0.39, 0.29) is 6.54 Å². The van der Waals surface area contributed by atoms with Gasteiger partial charge in [-0.1, -0.05) is 13.8 Å². The van der Waals surface area contributed by atoms with Crippen molar-refractivity contribution in [3.05, 3.63) is 0 Å². The average molecular weight is 224 g/mol. The van der Waals surface area contributed by atoms with Gasteiger partial charge in [0.2, 0.25) is 0 Å². The van der Waals surface area contributed by atoms with Gasteiger partial charge in [-0.25, -0.2) is 0 Å². The van der Waals surface area contributed by atoms with E-state index in [1.807, 2.05) is 6.92 Å². The smallest absolute Gasteiger partial charge is 0.329 e. The zero-order valence-corrected chi connectivity index (χ0v) is 9.22. The SMILES string of the molecule is CC1CCN(C(CN)C(F)(F)F)CC1C. The van der Waals surface area contributed by atoms with Gasteiger partial charge >= 0.3 is 6.18 Å². The van der Waals surface area contributed by atoms with Crippen molar-refractivity contribution in [2.45, 2.75) is 32.5 Å². The normalized spacial score (nSPS) is 31.6. The van der Waals surface area contributed by atoms with Gasteiger partial charge in [-0.3, -0.25) is 4.90 Å². The molecule has 1 aliphatic heterocycles. The zero-order chi connectivity index (χ0) is 11.6. The molecular formula is C10H19F3N2. The highest BCUT2D eigenvalue weighted by atomic mass is 19.4. The molecule has 0 radical (unpaired) electrons. The molecular weight excluding hydrogens is 205 g/mol. The van der Waals surface area contributed by atoms with Crippen LogP contribution in [0.15, 0.2) is 0 Å². The third-order valence-electron chi connectivity index (χ3n) is 3.41. The summed E-state index contributed by atoms with van der Waals surface area (Å²) < 4.78 is 37.8. The molecule has 0 amide bonds. The van der Waals surface area contributed by atoms with Gasteiger partial charge in [-0.15, -0.1) is 0 Å². The Morgan fingerprint density at radius 1 is 1.33 bits per heavy atom. The summed E-state index contributed by atoms with van der Waals surface area (Å²) >= 11 is 0. The first kappa shape index (κ1) is 12.8. The Morgan fingerprint density at radius 3 is 2.33 bits per heavy atom. The third kappa shape index (κ3) is 3.08. The largest absolute Gasteiger partial charge is 0.405 e. The van der Waals surface area contributed by atoms with Crippen molar-refractivity contribution in [1.29, 1.82) is 0 Å². The maximum absolute atomic E-state index is 12.6. The summed E-state index contributed by atoms with van der Waals surface area (Å²) in [7, 11) is 0. The zero-order valence-electron chi connectivity index (χ0n) is 9.22. The van der Waals surface area contributed by atoms with E-state index in [1.54, 1.807) is 0 Å². The van der Waals surface area contributed by atoms with Crippen LogP contribution >= 0.6 is 0 Å². The summed E-state index contributed by atoms with van der Waals surface area (Å²) in [6.07, 6.45) is -3.37. The Bertz CT molecular complexity index is 205.